The Labute approximate surface area is 84.0 Å². The Hall–Kier alpha value is -0.850. The molecule has 0 fully saturated rings. The molecule has 3 nitrogen and oxygen atoms in total. The predicted molar refractivity (Wildman–Crippen MR) is 43.0 cm³/mol. The number of hydrogen-bond donors (Lipinski definition) is 1. The third-order valence-corrected chi connectivity index (χ3v) is 1.69. The minimum absolute atomic E-state index is 0.186. The van der Waals surface area contributed by atoms with Gasteiger partial charge in [0, 0.05) is 0 Å². The number of carbonyl (C=O) groups is 1. The maximum absolute atomic E-state index is 12.9. The summed E-state index contributed by atoms with van der Waals surface area (Å²) in [6, 6.07) is 0. The summed E-state index contributed by atoms with van der Waals surface area (Å²) in [5, 5.41) is 8.10. The van der Waals surface area contributed by atoms with E-state index in [-0.39, 0.29) is 6.42 Å². The van der Waals surface area contributed by atoms with Gasteiger partial charge >= 0.3 is 18.0 Å². The third-order valence-electron chi connectivity index (χ3n) is 1.69. The van der Waals surface area contributed by atoms with E-state index in [1.165, 1.54) is 0 Å². The van der Waals surface area contributed by atoms with Crippen molar-refractivity contribution in [1.82, 2.24) is 0 Å². The van der Waals surface area contributed by atoms with Gasteiger partial charge in [-0.2, -0.15) is 17.6 Å². The van der Waals surface area contributed by atoms with Crippen LogP contribution < -0.4 is 0 Å². The fourth-order valence-electron chi connectivity index (χ4n) is 0.830. The van der Waals surface area contributed by atoms with Gasteiger partial charge in [0.25, 0.3) is 0 Å². The van der Waals surface area contributed by atoms with Crippen LogP contribution >= 0.6 is 0 Å². The smallest absolute Gasteiger partial charge is 0.460 e. The lowest BCUT2D eigenvalue weighted by molar-refractivity contribution is -0.322. The molecule has 0 rings (SSSR count). The van der Waals surface area contributed by atoms with Crippen LogP contribution in [0.3, 0.4) is 0 Å². The molecule has 0 spiro atoms. The van der Waals surface area contributed by atoms with E-state index in [1.54, 1.807) is 6.92 Å². The second-order valence-electron chi connectivity index (χ2n) is 2.95. The highest BCUT2D eigenvalue weighted by Crippen LogP contribution is 2.35. The Balaban J connectivity index is 4.35. The van der Waals surface area contributed by atoms with Crippen molar-refractivity contribution in [3.63, 3.8) is 0 Å². The van der Waals surface area contributed by atoms with Crippen molar-refractivity contribution in [2.24, 2.45) is 0 Å². The van der Waals surface area contributed by atoms with Crippen LogP contribution in [0.2, 0.25) is 0 Å². The van der Waals surface area contributed by atoms with Gasteiger partial charge in [-0.15, -0.1) is 0 Å². The minimum Gasteiger partial charge on any atom is -0.477 e. The molecule has 7 heteroatoms. The van der Waals surface area contributed by atoms with E-state index in [0.717, 1.165) is 0 Å². The van der Waals surface area contributed by atoms with Crippen molar-refractivity contribution in [2.45, 2.75) is 38.2 Å². The van der Waals surface area contributed by atoms with E-state index >= 15 is 0 Å². The fourth-order valence-corrected chi connectivity index (χ4v) is 0.830. The van der Waals surface area contributed by atoms with Gasteiger partial charge in [0.1, 0.15) is 0 Å². The van der Waals surface area contributed by atoms with Gasteiger partial charge in [-0.05, 0) is 6.42 Å². The summed E-state index contributed by atoms with van der Waals surface area (Å²) in [7, 11) is 0. The molecule has 0 heterocycles. The van der Waals surface area contributed by atoms with Crippen molar-refractivity contribution < 1.29 is 32.2 Å². The van der Waals surface area contributed by atoms with Gasteiger partial charge < -0.3 is 9.84 Å². The van der Waals surface area contributed by atoms with Crippen molar-refractivity contribution in [3.05, 3.63) is 0 Å². The van der Waals surface area contributed by atoms with E-state index in [0.29, 0.717) is 12.8 Å². The number of carboxylic acid groups (broad SMARTS) is 1. The molecule has 0 amide bonds. The van der Waals surface area contributed by atoms with Crippen LogP contribution in [0, 0.1) is 0 Å². The second-order valence-corrected chi connectivity index (χ2v) is 2.95. The largest absolute Gasteiger partial charge is 0.477 e. The molecular formula is C8H12F4O3. The highest BCUT2D eigenvalue weighted by molar-refractivity contribution is 5.76. The lowest BCUT2D eigenvalue weighted by Gasteiger charge is -2.23. The second kappa shape index (κ2) is 5.29. The Morgan fingerprint density at radius 3 is 2.13 bits per heavy atom. The summed E-state index contributed by atoms with van der Waals surface area (Å²) in [6.07, 6.45) is -4.12. The van der Waals surface area contributed by atoms with Crippen molar-refractivity contribution in [1.29, 1.82) is 0 Å². The molecule has 1 N–H and O–H groups in total. The summed E-state index contributed by atoms with van der Waals surface area (Å²) < 4.78 is 52.6. The van der Waals surface area contributed by atoms with Crippen LogP contribution in [0.15, 0.2) is 0 Å². The standard InChI is InChI=1S/C8H12F4O3/c1-2-3-4-5-15-7(9,6(13)14)8(10,11)12/h2-5H2,1H3,(H,13,14). The Morgan fingerprint density at radius 1 is 1.27 bits per heavy atom. The lowest BCUT2D eigenvalue weighted by Crippen LogP contribution is -2.50. The van der Waals surface area contributed by atoms with Gasteiger partial charge in [-0.1, -0.05) is 19.8 Å². The number of ether oxygens (including phenoxy) is 1. The predicted octanol–water partition coefficient (Wildman–Crippen LogP) is 2.51. The van der Waals surface area contributed by atoms with Crippen LogP contribution in [0.5, 0.6) is 0 Å². The fraction of sp³-hybridized carbons (Fsp3) is 0.875. The molecule has 90 valence electrons. The molecule has 0 aromatic rings. The molecule has 15 heavy (non-hydrogen) atoms. The maximum atomic E-state index is 12.9. The summed E-state index contributed by atoms with van der Waals surface area (Å²) >= 11 is 0. The topological polar surface area (TPSA) is 46.5 Å². The summed E-state index contributed by atoms with van der Waals surface area (Å²) in [5.74, 6) is -7.27. The number of rotatable bonds is 6. The molecule has 0 aliphatic carbocycles. The molecule has 0 saturated carbocycles. The molecule has 0 bridgehead atoms. The van der Waals surface area contributed by atoms with Crippen LogP contribution in [-0.4, -0.2) is 29.7 Å². The third kappa shape index (κ3) is 3.65. The lowest BCUT2D eigenvalue weighted by atomic mass is 10.2. The molecule has 0 aromatic carbocycles. The summed E-state index contributed by atoms with van der Waals surface area (Å²) in [4.78, 5) is 10.1. The average molecular weight is 232 g/mol. The highest BCUT2D eigenvalue weighted by Gasteiger charge is 2.64. The van der Waals surface area contributed by atoms with Gasteiger partial charge in [-0.3, -0.25) is 0 Å². The first-order valence-corrected chi connectivity index (χ1v) is 4.38. The van der Waals surface area contributed by atoms with E-state index in [9.17, 15) is 22.4 Å². The number of carboxylic acids is 1. The average Bonchev–Trinajstić information content (AvgIpc) is 2.09. The molecule has 0 saturated heterocycles. The van der Waals surface area contributed by atoms with E-state index in [4.69, 9.17) is 5.11 Å². The van der Waals surface area contributed by atoms with Crippen molar-refractivity contribution >= 4 is 5.97 Å². The van der Waals surface area contributed by atoms with Gasteiger partial charge in [0.2, 0.25) is 0 Å². The van der Waals surface area contributed by atoms with Crippen molar-refractivity contribution in [3.8, 4) is 0 Å². The number of unbranched alkanes of at least 4 members (excludes halogenated alkanes) is 2. The molecule has 1 unspecified atom stereocenters. The first kappa shape index (κ1) is 14.2. The van der Waals surface area contributed by atoms with E-state index < -0.39 is 24.6 Å². The quantitative estimate of drug-likeness (QED) is 0.565. The SMILES string of the molecule is CCCCCOC(F)(C(=O)O)C(F)(F)F. The number of halogens is 4. The first-order valence-electron chi connectivity index (χ1n) is 4.38. The monoisotopic (exact) mass is 232 g/mol. The zero-order valence-corrected chi connectivity index (χ0v) is 8.10. The van der Waals surface area contributed by atoms with Crippen LogP contribution in [0.25, 0.3) is 0 Å². The number of hydrogen-bond acceptors (Lipinski definition) is 2. The van der Waals surface area contributed by atoms with E-state index in [1.807, 2.05) is 0 Å². The zero-order valence-electron chi connectivity index (χ0n) is 8.10. The molecule has 0 radical (unpaired) electrons. The number of alkyl halides is 4. The minimum atomic E-state index is -5.56. The van der Waals surface area contributed by atoms with Crippen molar-refractivity contribution in [2.75, 3.05) is 6.61 Å². The van der Waals surface area contributed by atoms with Gasteiger partial charge in [0.05, 0.1) is 6.61 Å². The van der Waals surface area contributed by atoms with Gasteiger partial charge in [0.15, 0.2) is 0 Å². The Morgan fingerprint density at radius 2 is 1.80 bits per heavy atom. The van der Waals surface area contributed by atoms with Crippen LogP contribution in [0.4, 0.5) is 17.6 Å². The normalized spacial score (nSPS) is 16.1. The molecular weight excluding hydrogens is 220 g/mol. The number of aliphatic carboxylic acids is 1. The van der Waals surface area contributed by atoms with Crippen LogP contribution in [0.1, 0.15) is 26.2 Å². The first-order chi connectivity index (χ1) is 6.75. The molecule has 0 aliphatic rings. The van der Waals surface area contributed by atoms with E-state index in [2.05, 4.69) is 4.74 Å². The Kier molecular flexibility index (Phi) is 4.99. The zero-order chi connectivity index (χ0) is 12.1. The van der Waals surface area contributed by atoms with Crippen LogP contribution in [-0.2, 0) is 9.53 Å². The summed E-state index contributed by atoms with van der Waals surface area (Å²) in [5.41, 5.74) is 0. The Bertz CT molecular complexity index is 216. The molecule has 0 aliphatic heterocycles. The molecule has 0 aromatic heterocycles. The highest BCUT2D eigenvalue weighted by atomic mass is 19.4. The maximum Gasteiger partial charge on any atom is 0.460 e. The summed E-state index contributed by atoms with van der Waals surface area (Å²) in [6.45, 7) is 1.22. The van der Waals surface area contributed by atoms with Gasteiger partial charge in [-0.25, -0.2) is 4.79 Å². The molecule has 1 atom stereocenters.